The second-order valence-corrected chi connectivity index (χ2v) is 6.10. The molecule has 2 atom stereocenters. The molecule has 1 N–H and O–H groups in total. The summed E-state index contributed by atoms with van der Waals surface area (Å²) in [7, 11) is 0. The lowest BCUT2D eigenvalue weighted by atomic mass is 9.92. The highest BCUT2D eigenvalue weighted by Crippen LogP contribution is 2.21. The Hall–Kier alpha value is -2.35. The van der Waals surface area contributed by atoms with Crippen molar-refractivity contribution in [3.8, 4) is 6.07 Å². The van der Waals surface area contributed by atoms with E-state index in [1.807, 2.05) is 18.2 Å². The van der Waals surface area contributed by atoms with Gasteiger partial charge in [0.2, 0.25) is 0 Å². The second kappa shape index (κ2) is 7.60. The summed E-state index contributed by atoms with van der Waals surface area (Å²) in [5, 5.41) is 12.0. The third-order valence-electron chi connectivity index (χ3n) is 3.75. The van der Waals surface area contributed by atoms with E-state index in [0.29, 0.717) is 18.4 Å². The van der Waals surface area contributed by atoms with E-state index in [2.05, 4.69) is 29.0 Å². The summed E-state index contributed by atoms with van der Waals surface area (Å²) in [5.74, 6) is 0.828. The van der Waals surface area contributed by atoms with Crippen molar-refractivity contribution in [2.45, 2.75) is 26.8 Å². The molecule has 1 aromatic heterocycles. The molecule has 0 bridgehead atoms. The fraction of sp³-hybridized carbons (Fsp3) is 0.471. The molecule has 1 saturated heterocycles. The number of carbonyl (C=O) groups excluding carboxylic acids is 1. The molecule has 5 nitrogen and oxygen atoms in total. The van der Waals surface area contributed by atoms with Gasteiger partial charge in [-0.25, -0.2) is 0 Å². The highest BCUT2D eigenvalue weighted by molar-refractivity contribution is 5.97. The van der Waals surface area contributed by atoms with Crippen LogP contribution in [0.1, 0.15) is 25.8 Å². The zero-order valence-corrected chi connectivity index (χ0v) is 13.1. The van der Waals surface area contributed by atoms with Gasteiger partial charge >= 0.3 is 0 Å². The maximum absolute atomic E-state index is 12.1. The van der Waals surface area contributed by atoms with Gasteiger partial charge in [-0.15, -0.1) is 0 Å². The zero-order chi connectivity index (χ0) is 15.9. The van der Waals surface area contributed by atoms with E-state index >= 15 is 0 Å². The van der Waals surface area contributed by atoms with Crippen LogP contribution in [-0.2, 0) is 11.3 Å². The van der Waals surface area contributed by atoms with Crippen LogP contribution in [0.5, 0.6) is 0 Å². The first-order valence-electron chi connectivity index (χ1n) is 7.61. The lowest BCUT2D eigenvalue weighted by Gasteiger charge is -2.34. The van der Waals surface area contributed by atoms with Gasteiger partial charge in [0.05, 0.1) is 0 Å². The molecule has 2 unspecified atom stereocenters. The predicted octanol–water partition coefficient (Wildman–Crippen LogP) is 2.08. The quantitative estimate of drug-likeness (QED) is 0.682. The Morgan fingerprint density at radius 1 is 1.50 bits per heavy atom. The minimum absolute atomic E-state index is 0.158. The Morgan fingerprint density at radius 3 is 2.82 bits per heavy atom. The van der Waals surface area contributed by atoms with Crippen LogP contribution in [0.2, 0.25) is 0 Å². The highest BCUT2D eigenvalue weighted by Gasteiger charge is 2.21. The van der Waals surface area contributed by atoms with Gasteiger partial charge in [-0.2, -0.15) is 5.26 Å². The zero-order valence-electron chi connectivity index (χ0n) is 13.1. The van der Waals surface area contributed by atoms with Gasteiger partial charge in [-0.1, -0.05) is 19.9 Å². The Morgan fingerprint density at radius 2 is 2.23 bits per heavy atom. The number of pyridine rings is 1. The molecule has 116 valence electrons. The average molecular weight is 298 g/mol. The number of hydrogen-bond acceptors (Lipinski definition) is 4. The predicted molar refractivity (Wildman–Crippen MR) is 84.3 cm³/mol. The van der Waals surface area contributed by atoms with Crippen LogP contribution >= 0.6 is 0 Å². The van der Waals surface area contributed by atoms with Crippen LogP contribution in [0.15, 0.2) is 36.3 Å². The fourth-order valence-electron chi connectivity index (χ4n) is 2.92. The lowest BCUT2D eigenvalue weighted by molar-refractivity contribution is -0.117. The maximum atomic E-state index is 12.1. The third kappa shape index (κ3) is 4.59. The number of likely N-dealkylation sites (tertiary alicyclic amines) is 1. The largest absolute Gasteiger partial charge is 0.376 e. The second-order valence-electron chi connectivity index (χ2n) is 6.10. The SMILES string of the molecule is CC1CC(C)CN(/C=C(/C#N)C(=O)NCc2cccnc2)C1. The van der Waals surface area contributed by atoms with E-state index < -0.39 is 0 Å². The Labute approximate surface area is 131 Å². The smallest absolute Gasteiger partial charge is 0.263 e. The third-order valence-corrected chi connectivity index (χ3v) is 3.75. The number of nitriles is 1. The van der Waals surface area contributed by atoms with E-state index in [1.165, 1.54) is 6.42 Å². The van der Waals surface area contributed by atoms with Crippen LogP contribution in [0.4, 0.5) is 0 Å². The number of nitrogens with zero attached hydrogens (tertiary/aromatic N) is 3. The van der Waals surface area contributed by atoms with Crippen molar-refractivity contribution in [1.29, 1.82) is 5.26 Å². The molecule has 1 aliphatic heterocycles. The molecule has 5 heteroatoms. The van der Waals surface area contributed by atoms with E-state index in [1.54, 1.807) is 18.6 Å². The molecule has 2 rings (SSSR count). The van der Waals surface area contributed by atoms with E-state index in [4.69, 9.17) is 0 Å². The van der Waals surface area contributed by atoms with Crippen molar-refractivity contribution in [2.24, 2.45) is 11.8 Å². The van der Waals surface area contributed by atoms with Crippen LogP contribution in [-0.4, -0.2) is 28.9 Å². The molecule has 0 spiro atoms. The minimum Gasteiger partial charge on any atom is -0.376 e. The molecule has 0 saturated carbocycles. The maximum Gasteiger partial charge on any atom is 0.263 e. The average Bonchev–Trinajstić information content (AvgIpc) is 2.50. The molecule has 22 heavy (non-hydrogen) atoms. The normalized spacial score (nSPS) is 22.0. The monoisotopic (exact) mass is 298 g/mol. The molecular weight excluding hydrogens is 276 g/mol. The molecule has 2 heterocycles. The van der Waals surface area contributed by atoms with Crippen molar-refractivity contribution >= 4 is 5.91 Å². The minimum atomic E-state index is -0.336. The Balaban J connectivity index is 1.96. The van der Waals surface area contributed by atoms with Crippen LogP contribution in [0.25, 0.3) is 0 Å². The number of nitrogens with one attached hydrogen (secondary N) is 1. The number of hydrogen-bond donors (Lipinski definition) is 1. The van der Waals surface area contributed by atoms with Crippen LogP contribution in [0.3, 0.4) is 0 Å². The number of rotatable bonds is 4. The number of aromatic nitrogens is 1. The molecular formula is C17H22N4O. The van der Waals surface area contributed by atoms with Crippen LogP contribution < -0.4 is 5.32 Å². The molecule has 1 aromatic rings. The van der Waals surface area contributed by atoms with Crippen molar-refractivity contribution in [2.75, 3.05) is 13.1 Å². The van der Waals surface area contributed by atoms with Crippen molar-refractivity contribution in [1.82, 2.24) is 15.2 Å². The molecule has 0 radical (unpaired) electrons. The number of amides is 1. The van der Waals surface area contributed by atoms with Gasteiger partial charge in [-0.05, 0) is 29.9 Å². The first kappa shape index (κ1) is 16.0. The van der Waals surface area contributed by atoms with Gasteiger partial charge < -0.3 is 10.2 Å². The summed E-state index contributed by atoms with van der Waals surface area (Å²) in [6.07, 6.45) is 6.28. The van der Waals surface area contributed by atoms with E-state index in [-0.39, 0.29) is 11.5 Å². The van der Waals surface area contributed by atoms with Gasteiger partial charge in [0.15, 0.2) is 0 Å². The molecule has 0 aromatic carbocycles. The molecule has 1 aliphatic rings. The first-order chi connectivity index (χ1) is 10.6. The van der Waals surface area contributed by atoms with E-state index in [0.717, 1.165) is 18.7 Å². The summed E-state index contributed by atoms with van der Waals surface area (Å²) >= 11 is 0. The van der Waals surface area contributed by atoms with Crippen molar-refractivity contribution in [3.05, 3.63) is 41.9 Å². The Kier molecular flexibility index (Phi) is 5.54. The number of carbonyl (C=O) groups is 1. The van der Waals surface area contributed by atoms with Gasteiger partial charge in [0.1, 0.15) is 11.6 Å². The van der Waals surface area contributed by atoms with Gasteiger partial charge in [-0.3, -0.25) is 9.78 Å². The lowest BCUT2D eigenvalue weighted by Crippen LogP contribution is -2.36. The summed E-state index contributed by atoms with van der Waals surface area (Å²) in [5.41, 5.74) is 1.07. The van der Waals surface area contributed by atoms with Crippen molar-refractivity contribution in [3.63, 3.8) is 0 Å². The molecule has 1 amide bonds. The first-order valence-corrected chi connectivity index (χ1v) is 7.61. The highest BCUT2D eigenvalue weighted by atomic mass is 16.1. The summed E-state index contributed by atoms with van der Waals surface area (Å²) in [4.78, 5) is 18.2. The topological polar surface area (TPSA) is 69.0 Å². The fourth-order valence-corrected chi connectivity index (χ4v) is 2.92. The summed E-state index contributed by atoms with van der Waals surface area (Å²) < 4.78 is 0. The van der Waals surface area contributed by atoms with Gasteiger partial charge in [0, 0.05) is 38.2 Å². The van der Waals surface area contributed by atoms with Gasteiger partial charge in [0.25, 0.3) is 5.91 Å². The summed E-state index contributed by atoms with van der Waals surface area (Å²) in [6.45, 7) is 6.56. The summed E-state index contributed by atoms with van der Waals surface area (Å²) in [6, 6.07) is 5.71. The number of piperidine rings is 1. The molecule has 1 fully saturated rings. The van der Waals surface area contributed by atoms with Crippen LogP contribution in [0, 0.1) is 23.2 Å². The van der Waals surface area contributed by atoms with E-state index in [9.17, 15) is 10.1 Å². The van der Waals surface area contributed by atoms with Crippen molar-refractivity contribution < 1.29 is 4.79 Å². The standard InChI is InChI=1S/C17H22N4O/c1-13-6-14(2)11-21(10-13)12-16(7-18)17(22)20-9-15-4-3-5-19-8-15/h3-5,8,12-14H,6,9-11H2,1-2H3,(H,20,22)/b16-12-. The molecule has 0 aliphatic carbocycles. The Bertz CT molecular complexity index is 566.